The standard InChI is InChI=1S/C9H10N2O2/c1-6-3-4-7-8(5-6)11(13-2)9(12)10-7/h3-5H,1-2H3,(H,10,12). The quantitative estimate of drug-likeness (QED) is 0.698. The van der Waals surface area contributed by atoms with Gasteiger partial charge in [0.15, 0.2) is 0 Å². The van der Waals surface area contributed by atoms with E-state index >= 15 is 0 Å². The number of fused-ring (bicyclic) bond motifs is 1. The van der Waals surface area contributed by atoms with E-state index in [9.17, 15) is 4.79 Å². The maximum atomic E-state index is 11.3. The lowest BCUT2D eigenvalue weighted by Crippen LogP contribution is -2.21. The van der Waals surface area contributed by atoms with Gasteiger partial charge in [0.1, 0.15) is 12.6 Å². The number of H-pyrrole nitrogens is 1. The first kappa shape index (κ1) is 7.91. The lowest BCUT2D eigenvalue weighted by atomic mass is 10.2. The molecule has 0 fully saturated rings. The van der Waals surface area contributed by atoms with Gasteiger partial charge in [-0.1, -0.05) is 6.07 Å². The number of aromatic amines is 1. The fraction of sp³-hybridized carbons (Fsp3) is 0.222. The number of aryl methyl sites for hydroxylation is 1. The second-order valence-corrected chi connectivity index (χ2v) is 2.93. The third kappa shape index (κ3) is 1.11. The molecule has 0 bridgehead atoms. The minimum absolute atomic E-state index is 0.247. The Morgan fingerprint density at radius 3 is 2.92 bits per heavy atom. The number of nitrogens with zero attached hydrogens (tertiary/aromatic N) is 1. The monoisotopic (exact) mass is 178 g/mol. The number of imidazole rings is 1. The molecule has 2 aromatic rings. The summed E-state index contributed by atoms with van der Waals surface area (Å²) in [6, 6.07) is 5.70. The zero-order valence-corrected chi connectivity index (χ0v) is 7.50. The van der Waals surface area contributed by atoms with Gasteiger partial charge in [-0.2, -0.15) is 0 Å². The summed E-state index contributed by atoms with van der Waals surface area (Å²) in [5, 5.41) is 0. The second kappa shape index (κ2) is 2.65. The van der Waals surface area contributed by atoms with Crippen molar-refractivity contribution in [1.82, 2.24) is 9.71 Å². The van der Waals surface area contributed by atoms with Crippen molar-refractivity contribution in [2.45, 2.75) is 6.92 Å². The smallest absolute Gasteiger partial charge is 0.359 e. The Bertz CT molecular complexity index is 496. The molecule has 0 atom stereocenters. The van der Waals surface area contributed by atoms with Crippen molar-refractivity contribution in [1.29, 1.82) is 0 Å². The first-order valence-corrected chi connectivity index (χ1v) is 3.98. The molecule has 0 aliphatic heterocycles. The third-order valence-corrected chi connectivity index (χ3v) is 1.98. The minimum atomic E-state index is -0.247. The summed E-state index contributed by atoms with van der Waals surface area (Å²) in [6.07, 6.45) is 0. The molecule has 13 heavy (non-hydrogen) atoms. The minimum Gasteiger partial charge on any atom is -0.412 e. The molecule has 2 rings (SSSR count). The lowest BCUT2D eigenvalue weighted by Gasteiger charge is -1.99. The lowest BCUT2D eigenvalue weighted by molar-refractivity contribution is 0.169. The molecule has 1 aromatic carbocycles. The van der Waals surface area contributed by atoms with Crippen molar-refractivity contribution < 1.29 is 4.84 Å². The van der Waals surface area contributed by atoms with Crippen LogP contribution in [0.1, 0.15) is 5.56 Å². The van der Waals surface area contributed by atoms with Gasteiger partial charge < -0.3 is 9.82 Å². The van der Waals surface area contributed by atoms with E-state index in [-0.39, 0.29) is 5.69 Å². The van der Waals surface area contributed by atoms with E-state index in [1.807, 2.05) is 25.1 Å². The van der Waals surface area contributed by atoms with Crippen LogP contribution in [0.3, 0.4) is 0 Å². The summed E-state index contributed by atoms with van der Waals surface area (Å²) >= 11 is 0. The summed E-state index contributed by atoms with van der Waals surface area (Å²) < 4.78 is 1.24. The predicted octanol–water partition coefficient (Wildman–Crippen LogP) is 0.696. The third-order valence-electron chi connectivity index (χ3n) is 1.98. The molecule has 68 valence electrons. The molecule has 4 nitrogen and oxygen atoms in total. The molecule has 4 heteroatoms. The molecule has 0 saturated heterocycles. The van der Waals surface area contributed by atoms with Crippen LogP contribution in [0.5, 0.6) is 0 Å². The van der Waals surface area contributed by atoms with Crippen LogP contribution in [0.15, 0.2) is 23.0 Å². The van der Waals surface area contributed by atoms with Crippen LogP contribution in [0.4, 0.5) is 0 Å². The number of aromatic nitrogens is 2. The molecular weight excluding hydrogens is 168 g/mol. The van der Waals surface area contributed by atoms with E-state index in [1.54, 1.807) is 0 Å². The number of hydrogen-bond donors (Lipinski definition) is 1. The Morgan fingerprint density at radius 1 is 1.46 bits per heavy atom. The Morgan fingerprint density at radius 2 is 2.23 bits per heavy atom. The number of nitrogens with one attached hydrogen (secondary N) is 1. The largest absolute Gasteiger partial charge is 0.412 e. The highest BCUT2D eigenvalue weighted by atomic mass is 16.7. The summed E-state index contributed by atoms with van der Waals surface area (Å²) in [6.45, 7) is 1.97. The van der Waals surface area contributed by atoms with Gasteiger partial charge in [-0.3, -0.25) is 0 Å². The molecule has 0 radical (unpaired) electrons. The Hall–Kier alpha value is -1.71. The number of hydrogen-bond acceptors (Lipinski definition) is 2. The molecule has 0 aliphatic rings. The average Bonchev–Trinajstić information content (AvgIpc) is 2.40. The van der Waals surface area contributed by atoms with Crippen molar-refractivity contribution in [3.63, 3.8) is 0 Å². The van der Waals surface area contributed by atoms with Crippen LogP contribution in [0, 0.1) is 6.92 Å². The van der Waals surface area contributed by atoms with Gasteiger partial charge in [0.25, 0.3) is 0 Å². The van der Waals surface area contributed by atoms with Crippen LogP contribution in [-0.2, 0) is 0 Å². The molecular formula is C9H10N2O2. The molecule has 1 N–H and O–H groups in total. The first-order chi connectivity index (χ1) is 6.22. The summed E-state index contributed by atoms with van der Waals surface area (Å²) in [7, 11) is 1.47. The van der Waals surface area contributed by atoms with Crippen molar-refractivity contribution in [3.05, 3.63) is 34.2 Å². The van der Waals surface area contributed by atoms with Gasteiger partial charge in [-0.05, 0) is 24.6 Å². The Kier molecular flexibility index (Phi) is 1.62. The van der Waals surface area contributed by atoms with E-state index in [4.69, 9.17) is 4.84 Å². The second-order valence-electron chi connectivity index (χ2n) is 2.93. The zero-order chi connectivity index (χ0) is 9.42. The molecule has 1 aromatic heterocycles. The van der Waals surface area contributed by atoms with Crippen LogP contribution in [0.25, 0.3) is 11.0 Å². The Labute approximate surface area is 74.7 Å². The van der Waals surface area contributed by atoms with Crippen molar-refractivity contribution in [2.75, 3.05) is 7.11 Å². The van der Waals surface area contributed by atoms with Gasteiger partial charge in [0.2, 0.25) is 0 Å². The van der Waals surface area contributed by atoms with Crippen molar-refractivity contribution in [2.24, 2.45) is 0 Å². The average molecular weight is 178 g/mol. The molecule has 0 amide bonds. The summed E-state index contributed by atoms with van der Waals surface area (Å²) in [5.41, 5.74) is 2.41. The Balaban J connectivity index is 2.89. The molecule has 1 heterocycles. The highest BCUT2D eigenvalue weighted by Crippen LogP contribution is 2.10. The highest BCUT2D eigenvalue weighted by Gasteiger charge is 2.05. The SMILES string of the molecule is COn1c(=O)[nH]c2ccc(C)cc21. The highest BCUT2D eigenvalue weighted by molar-refractivity contribution is 5.75. The fourth-order valence-electron chi connectivity index (χ4n) is 1.37. The van der Waals surface area contributed by atoms with Crippen LogP contribution >= 0.6 is 0 Å². The van der Waals surface area contributed by atoms with Gasteiger partial charge >= 0.3 is 5.69 Å². The molecule has 0 unspecified atom stereocenters. The van der Waals surface area contributed by atoms with Crippen LogP contribution < -0.4 is 10.5 Å². The van der Waals surface area contributed by atoms with Crippen LogP contribution in [0.2, 0.25) is 0 Å². The predicted molar refractivity (Wildman–Crippen MR) is 49.8 cm³/mol. The first-order valence-electron chi connectivity index (χ1n) is 3.98. The van der Waals surface area contributed by atoms with Crippen LogP contribution in [-0.4, -0.2) is 16.8 Å². The normalized spacial score (nSPS) is 10.6. The summed E-state index contributed by atoms with van der Waals surface area (Å²) in [4.78, 5) is 18.9. The van der Waals surface area contributed by atoms with E-state index in [2.05, 4.69) is 4.98 Å². The number of benzene rings is 1. The number of rotatable bonds is 1. The van der Waals surface area contributed by atoms with E-state index in [0.29, 0.717) is 0 Å². The maximum absolute atomic E-state index is 11.3. The maximum Gasteiger partial charge on any atom is 0.359 e. The topological polar surface area (TPSA) is 47.0 Å². The van der Waals surface area contributed by atoms with Gasteiger partial charge in [0.05, 0.1) is 5.52 Å². The van der Waals surface area contributed by atoms with Crippen molar-refractivity contribution >= 4 is 11.0 Å². The summed E-state index contributed by atoms with van der Waals surface area (Å²) in [5.74, 6) is 0. The van der Waals surface area contributed by atoms with E-state index in [0.717, 1.165) is 16.6 Å². The fourth-order valence-corrected chi connectivity index (χ4v) is 1.37. The molecule has 0 aliphatic carbocycles. The molecule has 0 spiro atoms. The van der Waals surface area contributed by atoms with Gasteiger partial charge in [-0.25, -0.2) is 4.79 Å². The zero-order valence-electron chi connectivity index (χ0n) is 7.50. The van der Waals surface area contributed by atoms with Gasteiger partial charge in [-0.15, -0.1) is 4.73 Å². The van der Waals surface area contributed by atoms with E-state index in [1.165, 1.54) is 11.8 Å². The van der Waals surface area contributed by atoms with Gasteiger partial charge in [0, 0.05) is 0 Å². The van der Waals surface area contributed by atoms with Crippen molar-refractivity contribution in [3.8, 4) is 0 Å². The molecule has 0 saturated carbocycles. The van der Waals surface area contributed by atoms with E-state index < -0.39 is 0 Å².